The van der Waals surface area contributed by atoms with Crippen molar-refractivity contribution in [1.29, 1.82) is 0 Å². The molecule has 0 saturated carbocycles. The van der Waals surface area contributed by atoms with Gasteiger partial charge in [-0.05, 0) is 55.0 Å². The monoisotopic (exact) mass is 516 g/mol. The summed E-state index contributed by atoms with van der Waals surface area (Å²) in [6.07, 6.45) is 2.43. The van der Waals surface area contributed by atoms with Crippen LogP contribution in [-0.2, 0) is 22.4 Å². The number of nitrogens with zero attached hydrogens (tertiary/aromatic N) is 4. The number of carbonyl (C=O) groups excluding carboxylic acids is 2. The molecule has 1 aliphatic heterocycles. The van der Waals surface area contributed by atoms with E-state index in [1.54, 1.807) is 42.3 Å². The number of aromatic amines is 1. The Morgan fingerprint density at radius 2 is 2.03 bits per heavy atom. The predicted molar refractivity (Wildman–Crippen MR) is 139 cm³/mol. The molecular weight excluding hydrogens is 492 g/mol. The third kappa shape index (κ3) is 4.31. The molecule has 3 aromatic heterocycles. The number of anilines is 2. The number of aryl methyl sites for hydroxylation is 1. The van der Waals surface area contributed by atoms with Crippen LogP contribution in [0.2, 0.25) is 0 Å². The molecular formula is C26H24N6O4S. The number of carbonyl (C=O) groups is 2. The fraction of sp³-hybridized carbons (Fsp3) is 0.269. The molecule has 6 rings (SSSR count). The Bertz CT molecular complexity index is 1540. The summed E-state index contributed by atoms with van der Waals surface area (Å²) >= 11 is 1.52. The number of benzene rings is 1. The topological polar surface area (TPSA) is 122 Å². The third-order valence-electron chi connectivity index (χ3n) is 6.74. The van der Waals surface area contributed by atoms with Crippen LogP contribution in [0.3, 0.4) is 0 Å². The minimum absolute atomic E-state index is 0.0950. The Morgan fingerprint density at radius 1 is 1.19 bits per heavy atom. The molecule has 2 amide bonds. The van der Waals surface area contributed by atoms with E-state index in [2.05, 4.69) is 20.4 Å². The van der Waals surface area contributed by atoms with Crippen LogP contribution in [0.5, 0.6) is 5.75 Å². The highest BCUT2D eigenvalue weighted by atomic mass is 32.1. The van der Waals surface area contributed by atoms with E-state index in [1.807, 2.05) is 17.5 Å². The van der Waals surface area contributed by atoms with Gasteiger partial charge >= 0.3 is 0 Å². The van der Waals surface area contributed by atoms with Crippen LogP contribution < -0.4 is 20.5 Å². The van der Waals surface area contributed by atoms with Crippen LogP contribution in [0, 0.1) is 5.92 Å². The van der Waals surface area contributed by atoms with Gasteiger partial charge in [0.05, 0.1) is 23.6 Å². The van der Waals surface area contributed by atoms with E-state index < -0.39 is 5.92 Å². The molecule has 188 valence electrons. The first-order chi connectivity index (χ1) is 18.0. The zero-order valence-electron chi connectivity index (χ0n) is 20.1. The zero-order valence-corrected chi connectivity index (χ0v) is 20.9. The van der Waals surface area contributed by atoms with E-state index in [1.165, 1.54) is 16.0 Å². The average molecular weight is 517 g/mol. The van der Waals surface area contributed by atoms with Crippen molar-refractivity contribution in [2.24, 2.45) is 5.92 Å². The van der Waals surface area contributed by atoms with Crippen molar-refractivity contribution in [1.82, 2.24) is 19.7 Å². The van der Waals surface area contributed by atoms with E-state index in [4.69, 9.17) is 4.74 Å². The van der Waals surface area contributed by atoms with Crippen LogP contribution in [0.15, 0.2) is 52.6 Å². The van der Waals surface area contributed by atoms with Gasteiger partial charge in [-0.2, -0.15) is 9.78 Å². The Morgan fingerprint density at radius 3 is 2.78 bits per heavy atom. The molecule has 1 unspecified atom stereocenters. The molecule has 0 spiro atoms. The van der Waals surface area contributed by atoms with E-state index in [0.717, 1.165) is 23.4 Å². The summed E-state index contributed by atoms with van der Waals surface area (Å²) in [5.74, 6) is 0.360. The van der Waals surface area contributed by atoms with Gasteiger partial charge in [-0.3, -0.25) is 19.4 Å². The largest absolute Gasteiger partial charge is 0.497 e. The van der Waals surface area contributed by atoms with Gasteiger partial charge in [0.2, 0.25) is 17.8 Å². The highest BCUT2D eigenvalue weighted by Gasteiger charge is 2.36. The normalized spacial score (nSPS) is 16.7. The van der Waals surface area contributed by atoms with Crippen LogP contribution >= 0.6 is 11.3 Å². The molecule has 10 nitrogen and oxygen atoms in total. The molecule has 0 radical (unpaired) electrons. The van der Waals surface area contributed by atoms with Gasteiger partial charge in [-0.15, -0.1) is 11.3 Å². The van der Waals surface area contributed by atoms with Gasteiger partial charge in [-0.25, -0.2) is 4.98 Å². The molecule has 1 aromatic carbocycles. The van der Waals surface area contributed by atoms with Crippen molar-refractivity contribution in [3.05, 3.63) is 69.5 Å². The lowest BCUT2D eigenvalue weighted by Gasteiger charge is -2.17. The number of hydrogen-bond donors (Lipinski definition) is 2. The summed E-state index contributed by atoms with van der Waals surface area (Å²) in [7, 11) is 1.58. The van der Waals surface area contributed by atoms with E-state index in [-0.39, 0.29) is 36.3 Å². The summed E-state index contributed by atoms with van der Waals surface area (Å²) in [6, 6.07) is 12.8. The Labute approximate surface area is 215 Å². The molecule has 11 heteroatoms. The summed E-state index contributed by atoms with van der Waals surface area (Å²) in [6.45, 7) is 0.261. The van der Waals surface area contributed by atoms with E-state index in [9.17, 15) is 14.4 Å². The molecule has 4 aromatic rings. The lowest BCUT2D eigenvalue weighted by Crippen LogP contribution is -2.29. The average Bonchev–Trinajstić information content (AvgIpc) is 3.70. The Hall–Kier alpha value is -4.25. The number of nitrogens with one attached hydrogen (secondary N) is 2. The van der Waals surface area contributed by atoms with Crippen molar-refractivity contribution in [3.8, 4) is 22.3 Å². The minimum atomic E-state index is -0.546. The molecule has 0 bridgehead atoms. The Balaban J connectivity index is 1.29. The number of fused-ring (bicyclic) bond motifs is 1. The van der Waals surface area contributed by atoms with Crippen LogP contribution in [0.4, 0.5) is 11.5 Å². The van der Waals surface area contributed by atoms with Gasteiger partial charge in [0, 0.05) is 30.3 Å². The summed E-state index contributed by atoms with van der Waals surface area (Å²) < 4.78 is 6.65. The van der Waals surface area contributed by atoms with Gasteiger partial charge in [0.25, 0.3) is 5.56 Å². The minimum Gasteiger partial charge on any atom is -0.497 e. The SMILES string of the molecule is COc1ccc(N2CC(C(=O)Nc3cc(-c4cccs4)nn3-c3nc4c(c(=O)[nH]3)CCC4)CC2=O)cc1. The standard InChI is InChI=1S/C26H24N6O4S/c1-36-17-9-7-16(8-10-17)31-14-15(12-23(31)33)24(34)28-22-13-20(21-6-3-11-37-21)30-32(22)26-27-19-5-2-4-18(19)25(35)29-26/h3,6-11,13,15H,2,4-5,12,14H2,1H3,(H,28,34)(H,27,29,35). The van der Waals surface area contributed by atoms with Gasteiger partial charge in [0.15, 0.2) is 0 Å². The number of aromatic nitrogens is 4. The maximum atomic E-state index is 13.3. The van der Waals surface area contributed by atoms with Crippen molar-refractivity contribution in [3.63, 3.8) is 0 Å². The molecule has 37 heavy (non-hydrogen) atoms. The molecule has 1 aliphatic carbocycles. The quantitative estimate of drug-likeness (QED) is 0.406. The van der Waals surface area contributed by atoms with Crippen molar-refractivity contribution < 1.29 is 14.3 Å². The summed E-state index contributed by atoms with van der Waals surface area (Å²) in [5, 5.41) is 9.53. The number of hydrogen-bond acceptors (Lipinski definition) is 7. The molecule has 1 fully saturated rings. The number of amides is 2. The van der Waals surface area contributed by atoms with Gasteiger partial charge < -0.3 is 15.0 Å². The lowest BCUT2D eigenvalue weighted by atomic mass is 10.1. The first-order valence-electron chi connectivity index (χ1n) is 12.0. The second-order valence-electron chi connectivity index (χ2n) is 9.06. The number of thiophene rings is 1. The fourth-order valence-corrected chi connectivity index (χ4v) is 5.51. The smallest absolute Gasteiger partial charge is 0.255 e. The Kier molecular flexibility index (Phi) is 5.84. The number of ether oxygens (including phenoxy) is 1. The summed E-state index contributed by atoms with van der Waals surface area (Å²) in [4.78, 5) is 48.7. The number of H-pyrrole nitrogens is 1. The van der Waals surface area contributed by atoms with Crippen LogP contribution in [0.1, 0.15) is 24.1 Å². The molecule has 2 N–H and O–H groups in total. The van der Waals surface area contributed by atoms with E-state index >= 15 is 0 Å². The third-order valence-corrected chi connectivity index (χ3v) is 7.64. The highest BCUT2D eigenvalue weighted by molar-refractivity contribution is 7.13. The van der Waals surface area contributed by atoms with E-state index in [0.29, 0.717) is 34.9 Å². The molecule has 4 heterocycles. The zero-order chi connectivity index (χ0) is 25.5. The maximum absolute atomic E-state index is 13.3. The number of methoxy groups -OCH3 is 1. The van der Waals surface area contributed by atoms with Crippen molar-refractivity contribution >= 4 is 34.7 Å². The second kappa shape index (κ2) is 9.32. The molecule has 2 aliphatic rings. The van der Waals surface area contributed by atoms with Crippen LogP contribution in [0.25, 0.3) is 16.5 Å². The van der Waals surface area contributed by atoms with Crippen molar-refractivity contribution in [2.75, 3.05) is 23.9 Å². The first kappa shape index (κ1) is 23.2. The highest BCUT2D eigenvalue weighted by Crippen LogP contribution is 2.30. The van der Waals surface area contributed by atoms with Crippen LogP contribution in [-0.4, -0.2) is 45.2 Å². The molecule has 1 atom stereocenters. The van der Waals surface area contributed by atoms with Crippen molar-refractivity contribution in [2.45, 2.75) is 25.7 Å². The fourth-order valence-electron chi connectivity index (χ4n) is 4.83. The first-order valence-corrected chi connectivity index (χ1v) is 12.9. The summed E-state index contributed by atoms with van der Waals surface area (Å²) in [5.41, 5.74) is 2.66. The number of rotatable bonds is 6. The lowest BCUT2D eigenvalue weighted by molar-refractivity contribution is -0.122. The van der Waals surface area contributed by atoms with Gasteiger partial charge in [-0.1, -0.05) is 6.07 Å². The predicted octanol–water partition coefficient (Wildman–Crippen LogP) is 3.17. The van der Waals surface area contributed by atoms with Gasteiger partial charge in [0.1, 0.15) is 17.3 Å². The maximum Gasteiger partial charge on any atom is 0.255 e. The second-order valence-corrected chi connectivity index (χ2v) is 10.0. The molecule has 1 saturated heterocycles.